The monoisotopic (exact) mass is 274 g/mol. The molecule has 0 atom stereocenters. The molecule has 0 radical (unpaired) electrons. The van der Waals surface area contributed by atoms with E-state index in [2.05, 4.69) is 0 Å². The molecule has 0 amide bonds. The maximum Gasteiger partial charge on any atom is 0.212 e. The zero-order valence-corrected chi connectivity index (χ0v) is 12.8. The number of aromatic nitrogens is 1. The summed E-state index contributed by atoms with van der Waals surface area (Å²) in [5.74, 6) is 0. The molecule has 0 unspecified atom stereocenters. The van der Waals surface area contributed by atoms with E-state index in [9.17, 15) is 0 Å². The van der Waals surface area contributed by atoms with Crippen LogP contribution in [0.2, 0.25) is 0 Å². The van der Waals surface area contributed by atoms with Crippen LogP contribution in [0.5, 0.6) is 0 Å². The molecule has 0 fully saturated rings. The highest BCUT2D eigenvalue weighted by molar-refractivity contribution is 5.61. The van der Waals surface area contributed by atoms with Crippen molar-refractivity contribution < 1.29 is 12.8 Å². The molecule has 1 heterocycles. The SMILES string of the molecule is [2H]c1cc(-c2ccc(C([2H])([2H])[2H])cc2C)[n+](C)cc1C([2H])([2H])C(C)(C)C. The van der Waals surface area contributed by atoms with Crippen molar-refractivity contribution in [2.45, 2.75) is 40.9 Å². The summed E-state index contributed by atoms with van der Waals surface area (Å²) < 4.78 is 49.6. The van der Waals surface area contributed by atoms with Crippen LogP contribution in [-0.4, -0.2) is 0 Å². The average molecular weight is 274 g/mol. The van der Waals surface area contributed by atoms with Crippen molar-refractivity contribution in [1.29, 1.82) is 0 Å². The lowest BCUT2D eigenvalue weighted by molar-refractivity contribution is -0.660. The number of pyridine rings is 1. The fourth-order valence-electron chi connectivity index (χ4n) is 2.24. The van der Waals surface area contributed by atoms with Gasteiger partial charge in [0.1, 0.15) is 7.05 Å². The first-order valence-corrected chi connectivity index (χ1v) is 6.78. The largest absolute Gasteiger partial charge is 0.212 e. The zero-order valence-electron chi connectivity index (χ0n) is 18.8. The molecule has 0 N–H and O–H groups in total. The smallest absolute Gasteiger partial charge is 0.201 e. The van der Waals surface area contributed by atoms with Crippen LogP contribution in [0, 0.1) is 19.2 Å². The fraction of sp³-hybridized carbons (Fsp3) is 0.421. The van der Waals surface area contributed by atoms with Crippen LogP contribution in [0.1, 0.15) is 45.7 Å². The van der Waals surface area contributed by atoms with E-state index < -0.39 is 18.6 Å². The second-order valence-electron chi connectivity index (χ2n) is 6.23. The molecule has 0 aliphatic rings. The number of nitrogens with zero attached hydrogens (tertiary/aromatic N) is 1. The third kappa shape index (κ3) is 3.47. The van der Waals surface area contributed by atoms with Crippen LogP contribution in [0.15, 0.2) is 36.5 Å². The van der Waals surface area contributed by atoms with Crippen LogP contribution < -0.4 is 4.57 Å². The van der Waals surface area contributed by atoms with Crippen molar-refractivity contribution in [3.63, 3.8) is 0 Å². The van der Waals surface area contributed by atoms with Gasteiger partial charge in [0.2, 0.25) is 5.69 Å². The van der Waals surface area contributed by atoms with Crippen LogP contribution in [0.25, 0.3) is 11.3 Å². The van der Waals surface area contributed by atoms with Gasteiger partial charge in [0, 0.05) is 24.0 Å². The molecule has 0 saturated heterocycles. The first kappa shape index (κ1) is 8.61. The first-order valence-electron chi connectivity index (χ1n) is 9.78. The van der Waals surface area contributed by atoms with Crippen molar-refractivity contribution >= 4 is 0 Å². The number of rotatable bonds is 2. The molecule has 2 rings (SSSR count). The fourth-order valence-corrected chi connectivity index (χ4v) is 2.24. The molecule has 20 heavy (non-hydrogen) atoms. The van der Waals surface area contributed by atoms with Gasteiger partial charge in [-0.2, -0.15) is 0 Å². The normalized spacial score (nSPS) is 17.4. The van der Waals surface area contributed by atoms with Crippen LogP contribution in [-0.2, 0) is 13.4 Å². The van der Waals surface area contributed by atoms with Crippen molar-refractivity contribution in [2.24, 2.45) is 12.5 Å². The van der Waals surface area contributed by atoms with Crippen molar-refractivity contribution in [1.82, 2.24) is 0 Å². The van der Waals surface area contributed by atoms with Crippen molar-refractivity contribution in [3.8, 4) is 11.3 Å². The zero-order chi connectivity index (χ0) is 20.1. The van der Waals surface area contributed by atoms with Crippen LogP contribution in [0.3, 0.4) is 0 Å². The Balaban J connectivity index is 2.59. The predicted molar refractivity (Wildman–Crippen MR) is 85.7 cm³/mol. The minimum absolute atomic E-state index is 0.136. The number of hydrogen-bond donors (Lipinski definition) is 0. The van der Waals surface area contributed by atoms with Crippen LogP contribution >= 0.6 is 0 Å². The molecule has 1 aromatic carbocycles. The van der Waals surface area contributed by atoms with E-state index in [1.54, 1.807) is 35.0 Å². The lowest BCUT2D eigenvalue weighted by Gasteiger charge is -2.17. The Bertz CT molecular complexity index is 831. The van der Waals surface area contributed by atoms with E-state index in [-0.39, 0.29) is 11.6 Å². The quantitative estimate of drug-likeness (QED) is 0.715. The van der Waals surface area contributed by atoms with Gasteiger partial charge in [-0.3, -0.25) is 0 Å². The summed E-state index contributed by atoms with van der Waals surface area (Å²) in [5.41, 5.74) is 2.37. The summed E-state index contributed by atoms with van der Waals surface area (Å²) in [6.45, 7) is 5.14. The highest BCUT2D eigenvalue weighted by Crippen LogP contribution is 2.23. The average Bonchev–Trinajstić information content (AvgIpc) is 2.47. The summed E-state index contributed by atoms with van der Waals surface area (Å²) in [5, 5.41) is 0. The molecule has 1 heteroatoms. The molecule has 0 spiro atoms. The summed E-state index contributed by atoms with van der Waals surface area (Å²) in [7, 11) is 1.81. The standard InChI is InChI=1S/C19H26N/c1-14-7-9-17(15(2)11-14)18-10-8-16(13-20(18)6)12-19(3,4)5/h7-11,13H,12H2,1-6H3/q+1/i1D3,8D,12D2. The number of hydrogen-bond acceptors (Lipinski definition) is 0. The van der Waals surface area contributed by atoms with E-state index in [0.29, 0.717) is 5.56 Å². The molecule has 106 valence electrons. The Labute approximate surface area is 131 Å². The third-order valence-electron chi connectivity index (χ3n) is 3.08. The Kier molecular flexibility index (Phi) is 2.32. The predicted octanol–water partition coefficient (Wildman–Crippen LogP) is 4.38. The summed E-state index contributed by atoms with van der Waals surface area (Å²) in [4.78, 5) is 0. The van der Waals surface area contributed by atoms with Gasteiger partial charge in [0.25, 0.3) is 0 Å². The summed E-state index contributed by atoms with van der Waals surface area (Å²) in [6.07, 6.45) is 0.0144. The molecule has 0 bridgehead atoms. The second kappa shape index (κ2) is 5.40. The summed E-state index contributed by atoms with van der Waals surface area (Å²) >= 11 is 0. The Morgan fingerprint density at radius 2 is 2.05 bits per heavy atom. The maximum absolute atomic E-state index is 8.44. The van der Waals surface area contributed by atoms with Gasteiger partial charge in [0.15, 0.2) is 6.20 Å². The van der Waals surface area contributed by atoms with Gasteiger partial charge in [-0.1, -0.05) is 38.5 Å². The molecule has 0 aliphatic carbocycles. The molecular formula is C19H26N+. The lowest BCUT2D eigenvalue weighted by atomic mass is 9.88. The topological polar surface area (TPSA) is 3.88 Å². The summed E-state index contributed by atoms with van der Waals surface area (Å²) in [6, 6.07) is 6.77. The number of benzene rings is 1. The van der Waals surface area contributed by atoms with Gasteiger partial charge in [-0.05, 0) is 43.2 Å². The number of aryl methyl sites for hydroxylation is 3. The van der Waals surface area contributed by atoms with E-state index in [1.807, 2.05) is 34.7 Å². The van der Waals surface area contributed by atoms with Gasteiger partial charge in [0.05, 0.1) is 1.37 Å². The molecule has 0 saturated carbocycles. The van der Waals surface area contributed by atoms with Crippen LogP contribution in [0.4, 0.5) is 0 Å². The van der Waals surface area contributed by atoms with Crippen molar-refractivity contribution in [3.05, 3.63) is 53.2 Å². The molecule has 1 aromatic heterocycles. The van der Waals surface area contributed by atoms with E-state index in [4.69, 9.17) is 8.22 Å². The Hall–Kier alpha value is -1.63. The first-order chi connectivity index (χ1) is 11.7. The Morgan fingerprint density at radius 3 is 2.65 bits per heavy atom. The van der Waals surface area contributed by atoms with Gasteiger partial charge in [-0.25, -0.2) is 4.57 Å². The second-order valence-corrected chi connectivity index (χ2v) is 6.23. The minimum atomic E-state index is -2.15. The highest BCUT2D eigenvalue weighted by atomic mass is 14.9. The van der Waals surface area contributed by atoms with E-state index in [1.165, 1.54) is 0 Å². The van der Waals surface area contributed by atoms with E-state index in [0.717, 1.165) is 16.8 Å². The lowest BCUT2D eigenvalue weighted by Crippen LogP contribution is -2.32. The molecule has 1 nitrogen and oxygen atoms in total. The molecular weight excluding hydrogens is 242 g/mol. The van der Waals surface area contributed by atoms with Gasteiger partial charge in [-0.15, -0.1) is 0 Å². The maximum atomic E-state index is 8.44. The Morgan fingerprint density at radius 1 is 1.30 bits per heavy atom. The van der Waals surface area contributed by atoms with E-state index >= 15 is 0 Å². The highest BCUT2D eigenvalue weighted by Gasteiger charge is 2.16. The van der Waals surface area contributed by atoms with Crippen molar-refractivity contribution in [2.75, 3.05) is 0 Å². The van der Waals surface area contributed by atoms with Gasteiger partial charge >= 0.3 is 0 Å². The van der Waals surface area contributed by atoms with Gasteiger partial charge < -0.3 is 0 Å². The third-order valence-corrected chi connectivity index (χ3v) is 3.08. The molecule has 2 aromatic rings. The molecule has 0 aliphatic heterocycles. The minimum Gasteiger partial charge on any atom is -0.201 e.